The summed E-state index contributed by atoms with van der Waals surface area (Å²) in [5, 5.41) is 23.5. The van der Waals surface area contributed by atoms with E-state index in [1.807, 2.05) is 6.07 Å². The Morgan fingerprint density at radius 3 is 2.37 bits per heavy atom. The number of pyridine rings is 1. The van der Waals surface area contributed by atoms with Crippen molar-refractivity contribution in [1.29, 1.82) is 0 Å². The van der Waals surface area contributed by atoms with E-state index in [2.05, 4.69) is 25.9 Å². The summed E-state index contributed by atoms with van der Waals surface area (Å²) < 4.78 is 13.4. The van der Waals surface area contributed by atoms with Crippen molar-refractivity contribution in [3.63, 3.8) is 0 Å². The molecular formula is C30H21BrN4O7S. The van der Waals surface area contributed by atoms with Crippen LogP contribution in [0.15, 0.2) is 101 Å². The number of carboxylic acid groups (broad SMARTS) is 2. The van der Waals surface area contributed by atoms with Crippen LogP contribution in [0.3, 0.4) is 0 Å². The quantitative estimate of drug-likeness (QED) is 0.197. The molecule has 5 aromatic rings. The predicted octanol–water partition coefficient (Wildman–Crippen LogP) is 5.51. The number of carbonyl (C=O) groups is 3. The molecule has 2 heterocycles. The number of nitrogens with zero attached hydrogens (tertiary/aromatic N) is 4. The lowest BCUT2D eigenvalue weighted by atomic mass is 10.2. The van der Waals surface area contributed by atoms with Gasteiger partial charge in [-0.1, -0.05) is 35.6 Å². The molecule has 0 unspecified atom stereocenters. The maximum absolute atomic E-state index is 13.0. The van der Waals surface area contributed by atoms with E-state index in [-0.39, 0.29) is 12.1 Å². The summed E-state index contributed by atoms with van der Waals surface area (Å²) in [6.07, 6.45) is 3.02. The van der Waals surface area contributed by atoms with Gasteiger partial charge in [0.1, 0.15) is 22.3 Å². The van der Waals surface area contributed by atoms with Crippen molar-refractivity contribution in [2.75, 3.05) is 6.61 Å². The average molecular weight is 661 g/mol. The van der Waals surface area contributed by atoms with Gasteiger partial charge in [0.15, 0.2) is 6.61 Å². The molecule has 0 aliphatic rings. The number of rotatable bonds is 10. The van der Waals surface area contributed by atoms with Crippen molar-refractivity contribution in [2.24, 2.45) is 4.99 Å². The highest BCUT2D eigenvalue weighted by Gasteiger charge is 2.14. The average Bonchev–Trinajstić information content (AvgIpc) is 3.39. The summed E-state index contributed by atoms with van der Waals surface area (Å²) in [5.41, 5.74) is 1.97. The summed E-state index contributed by atoms with van der Waals surface area (Å²) in [5.74, 6) is -1.40. The zero-order valence-electron chi connectivity index (χ0n) is 22.1. The van der Waals surface area contributed by atoms with Crippen LogP contribution in [0.1, 0.15) is 26.3 Å². The number of benzene rings is 3. The zero-order valence-corrected chi connectivity index (χ0v) is 24.5. The minimum absolute atomic E-state index is 0.104. The number of aliphatic carboxylic acids is 1. The van der Waals surface area contributed by atoms with Gasteiger partial charge in [0.2, 0.25) is 4.80 Å². The molecule has 0 atom stereocenters. The van der Waals surface area contributed by atoms with Gasteiger partial charge in [-0.3, -0.25) is 9.78 Å². The van der Waals surface area contributed by atoms with Crippen molar-refractivity contribution in [3.8, 4) is 27.8 Å². The largest absolute Gasteiger partial charge is 0.481 e. The molecule has 13 heteroatoms. The number of hydrogen-bond donors (Lipinski definition) is 2. The number of ether oxygens (including phenoxy) is 2. The van der Waals surface area contributed by atoms with Crippen LogP contribution in [0.5, 0.6) is 17.2 Å². The molecule has 2 aromatic heterocycles. The van der Waals surface area contributed by atoms with Crippen LogP contribution in [0.2, 0.25) is 0 Å². The number of halogens is 1. The molecule has 0 aliphatic heterocycles. The smallest absolute Gasteiger partial charge is 0.341 e. The number of carbonyl (C=O) groups excluding carboxylic acids is 1. The fraction of sp³-hybridized carbons (Fsp3) is 0.0667. The second-order valence-corrected chi connectivity index (χ2v) is 10.7. The van der Waals surface area contributed by atoms with E-state index in [0.717, 1.165) is 5.56 Å². The molecule has 43 heavy (non-hydrogen) atoms. The lowest BCUT2D eigenvalue weighted by Crippen LogP contribution is -2.19. The molecule has 5 rings (SSSR count). The van der Waals surface area contributed by atoms with Crippen LogP contribution in [0, 0.1) is 0 Å². The first-order valence-corrected chi connectivity index (χ1v) is 14.2. The molecule has 0 bridgehead atoms. The second kappa shape index (κ2) is 13.2. The Labute approximate surface area is 256 Å². The third-order valence-corrected chi connectivity index (χ3v) is 7.44. The van der Waals surface area contributed by atoms with Gasteiger partial charge >= 0.3 is 11.9 Å². The molecule has 2 N–H and O–H groups in total. The van der Waals surface area contributed by atoms with Gasteiger partial charge in [0.05, 0.1) is 16.6 Å². The maximum Gasteiger partial charge on any atom is 0.341 e. The molecule has 0 spiro atoms. The molecule has 216 valence electrons. The Balaban J connectivity index is 1.48. The number of aromatic nitrogens is 3. The van der Waals surface area contributed by atoms with E-state index in [1.54, 1.807) is 65.3 Å². The lowest BCUT2D eigenvalue weighted by Gasteiger charge is -2.08. The van der Waals surface area contributed by atoms with Gasteiger partial charge in [0.25, 0.3) is 5.91 Å². The third-order valence-electron chi connectivity index (χ3n) is 5.82. The van der Waals surface area contributed by atoms with Crippen LogP contribution in [0.4, 0.5) is 0 Å². The normalized spacial score (nSPS) is 11.2. The van der Waals surface area contributed by atoms with E-state index in [0.29, 0.717) is 42.7 Å². The minimum Gasteiger partial charge on any atom is -0.481 e. The lowest BCUT2D eigenvalue weighted by molar-refractivity contribution is -0.139. The molecule has 3 aromatic carbocycles. The third kappa shape index (κ3) is 7.58. The van der Waals surface area contributed by atoms with Crippen molar-refractivity contribution in [2.45, 2.75) is 6.54 Å². The van der Waals surface area contributed by atoms with Crippen LogP contribution in [-0.4, -0.2) is 49.4 Å². The number of aromatic carboxylic acids is 1. The fourth-order valence-electron chi connectivity index (χ4n) is 3.85. The first kappa shape index (κ1) is 29.4. The summed E-state index contributed by atoms with van der Waals surface area (Å²) in [7, 11) is 0. The van der Waals surface area contributed by atoms with Crippen molar-refractivity contribution in [1.82, 2.24) is 14.8 Å². The fourth-order valence-corrected chi connectivity index (χ4v) is 5.29. The van der Waals surface area contributed by atoms with Crippen molar-refractivity contribution in [3.05, 3.63) is 117 Å². The molecule has 11 nitrogen and oxygen atoms in total. The summed E-state index contributed by atoms with van der Waals surface area (Å²) >= 11 is 4.62. The molecule has 1 amide bonds. The summed E-state index contributed by atoms with van der Waals surface area (Å²) in [6.45, 7) is -0.231. The van der Waals surface area contributed by atoms with Crippen LogP contribution in [0.25, 0.3) is 10.6 Å². The van der Waals surface area contributed by atoms with Gasteiger partial charge < -0.3 is 19.7 Å². The van der Waals surface area contributed by atoms with Gasteiger partial charge in [-0.2, -0.15) is 10.1 Å². The van der Waals surface area contributed by atoms with E-state index >= 15 is 0 Å². The SMILES string of the molecule is O=C(O)COc1ccc(Cn2nc(-c3cccc(Oc4cccc(C(=O)O)c4)c3)s/c2=N/C(=O)c2ccncc2)cc1Br. The Hall–Kier alpha value is -5.14. The topological polar surface area (TPSA) is 153 Å². The van der Waals surface area contributed by atoms with E-state index in [9.17, 15) is 19.5 Å². The van der Waals surface area contributed by atoms with E-state index < -0.39 is 24.5 Å². The van der Waals surface area contributed by atoms with Crippen LogP contribution >= 0.6 is 27.3 Å². The Morgan fingerprint density at radius 2 is 1.65 bits per heavy atom. The van der Waals surface area contributed by atoms with Crippen LogP contribution < -0.4 is 14.3 Å². The Morgan fingerprint density at radius 1 is 0.907 bits per heavy atom. The first-order valence-electron chi connectivity index (χ1n) is 12.6. The van der Waals surface area contributed by atoms with Gasteiger partial charge in [0, 0.05) is 23.5 Å². The van der Waals surface area contributed by atoms with Crippen LogP contribution in [-0.2, 0) is 11.3 Å². The molecule has 0 saturated heterocycles. The first-order chi connectivity index (χ1) is 20.7. The molecular weight excluding hydrogens is 640 g/mol. The predicted molar refractivity (Wildman–Crippen MR) is 160 cm³/mol. The van der Waals surface area contributed by atoms with E-state index in [4.69, 9.17) is 19.7 Å². The van der Waals surface area contributed by atoms with Gasteiger partial charge in [-0.25, -0.2) is 14.3 Å². The second-order valence-electron chi connectivity index (χ2n) is 8.91. The Kier molecular flexibility index (Phi) is 9.03. The standard InChI is InChI=1S/C30H21BrN4O7S/c31-24-13-18(7-8-25(24)41-17-26(36)37)16-35-30(33-27(38)19-9-11-32-12-10-19)43-28(34-35)20-3-1-5-22(14-20)42-23-6-2-4-21(15-23)29(39)40/h1-15H,16-17H2,(H,36,37)(H,39,40)/b33-30+. The molecule has 0 aliphatic carbocycles. The molecule has 0 radical (unpaired) electrons. The monoisotopic (exact) mass is 660 g/mol. The van der Waals surface area contributed by atoms with Gasteiger partial charge in [-0.15, -0.1) is 0 Å². The van der Waals surface area contributed by atoms with E-state index in [1.165, 1.54) is 35.9 Å². The molecule has 0 saturated carbocycles. The highest BCUT2D eigenvalue weighted by atomic mass is 79.9. The number of carboxylic acids is 2. The van der Waals surface area contributed by atoms with Crippen molar-refractivity contribution >= 4 is 45.1 Å². The zero-order chi connectivity index (χ0) is 30.3. The highest BCUT2D eigenvalue weighted by molar-refractivity contribution is 9.10. The highest BCUT2D eigenvalue weighted by Crippen LogP contribution is 2.29. The minimum atomic E-state index is -1.09. The number of amides is 1. The van der Waals surface area contributed by atoms with Crippen molar-refractivity contribution < 1.29 is 34.1 Å². The maximum atomic E-state index is 13.0. The Bertz CT molecular complexity index is 1890. The summed E-state index contributed by atoms with van der Waals surface area (Å²) in [6, 6.07) is 21.6. The van der Waals surface area contributed by atoms with Gasteiger partial charge in [-0.05, 0) is 76.1 Å². The summed E-state index contributed by atoms with van der Waals surface area (Å²) in [4.78, 5) is 43.8. The molecule has 0 fully saturated rings. The number of hydrogen-bond acceptors (Lipinski definition) is 8.